The van der Waals surface area contributed by atoms with Gasteiger partial charge in [0, 0.05) is 17.5 Å². The lowest BCUT2D eigenvalue weighted by Gasteiger charge is -2.05. The highest BCUT2D eigenvalue weighted by atomic mass is 32.1. The maximum atomic E-state index is 4.65. The van der Waals surface area contributed by atoms with Crippen LogP contribution in [0.5, 0.6) is 0 Å². The molecular formula is C15H20N2S. The van der Waals surface area contributed by atoms with Crippen LogP contribution in [0.2, 0.25) is 0 Å². The molecule has 2 nitrogen and oxygen atoms in total. The first-order valence-corrected chi connectivity index (χ1v) is 7.34. The molecule has 0 bridgehead atoms. The van der Waals surface area contributed by atoms with E-state index in [0.29, 0.717) is 5.92 Å². The van der Waals surface area contributed by atoms with Crippen LogP contribution in [0.25, 0.3) is 10.6 Å². The maximum Gasteiger partial charge on any atom is 0.123 e. The van der Waals surface area contributed by atoms with Crippen LogP contribution in [0.3, 0.4) is 0 Å². The fraction of sp³-hybridized carbons (Fsp3) is 0.400. The molecule has 2 aromatic rings. The first-order chi connectivity index (χ1) is 8.70. The summed E-state index contributed by atoms with van der Waals surface area (Å²) in [5.41, 5.74) is 3.72. The molecule has 0 atom stereocenters. The molecular weight excluding hydrogens is 240 g/mol. The first-order valence-electron chi connectivity index (χ1n) is 6.46. The predicted octanol–water partition coefficient (Wildman–Crippen LogP) is 4.04. The molecule has 1 heterocycles. The fourth-order valence-corrected chi connectivity index (χ4v) is 2.61. The normalized spacial score (nSPS) is 11.1. The van der Waals surface area contributed by atoms with Crippen LogP contribution in [-0.4, -0.2) is 11.5 Å². The average Bonchev–Trinajstić information content (AvgIpc) is 2.85. The molecule has 0 aliphatic carbocycles. The van der Waals surface area contributed by atoms with Crippen LogP contribution in [0.4, 0.5) is 0 Å². The Bertz CT molecular complexity index is 485. The molecule has 1 aromatic heterocycles. The van der Waals surface area contributed by atoms with Gasteiger partial charge in [0.05, 0.1) is 5.69 Å². The summed E-state index contributed by atoms with van der Waals surface area (Å²) in [5.74, 6) is 0.583. The topological polar surface area (TPSA) is 24.9 Å². The second-order valence-corrected chi connectivity index (χ2v) is 5.56. The highest BCUT2D eigenvalue weighted by molar-refractivity contribution is 7.13. The van der Waals surface area contributed by atoms with Gasteiger partial charge in [-0.25, -0.2) is 4.98 Å². The van der Waals surface area contributed by atoms with Gasteiger partial charge in [-0.1, -0.05) is 45.0 Å². The Hall–Kier alpha value is -1.19. The third kappa shape index (κ3) is 3.18. The van der Waals surface area contributed by atoms with Gasteiger partial charge in [-0.15, -0.1) is 11.3 Å². The third-order valence-electron chi connectivity index (χ3n) is 2.93. The minimum atomic E-state index is 0.583. The van der Waals surface area contributed by atoms with Crippen LogP contribution in [0, 0.1) is 0 Å². The van der Waals surface area contributed by atoms with Gasteiger partial charge in [-0.2, -0.15) is 0 Å². The maximum absolute atomic E-state index is 4.65. The summed E-state index contributed by atoms with van der Waals surface area (Å²) in [7, 11) is 0. The molecule has 18 heavy (non-hydrogen) atoms. The zero-order chi connectivity index (χ0) is 13.0. The van der Waals surface area contributed by atoms with Gasteiger partial charge in [-0.3, -0.25) is 0 Å². The van der Waals surface area contributed by atoms with E-state index in [2.05, 4.69) is 60.7 Å². The molecule has 0 aliphatic rings. The van der Waals surface area contributed by atoms with Crippen molar-refractivity contribution in [1.29, 1.82) is 0 Å². The Morgan fingerprint density at radius 2 is 1.94 bits per heavy atom. The molecule has 1 aromatic carbocycles. The van der Waals surface area contributed by atoms with Gasteiger partial charge in [-0.05, 0) is 18.0 Å². The molecule has 3 heteroatoms. The van der Waals surface area contributed by atoms with Crippen LogP contribution in [-0.2, 0) is 6.54 Å². The Kier molecular flexibility index (Phi) is 4.50. The molecule has 0 saturated heterocycles. The smallest absolute Gasteiger partial charge is 0.123 e. The molecule has 0 aliphatic heterocycles. The lowest BCUT2D eigenvalue weighted by Crippen LogP contribution is -2.11. The van der Waals surface area contributed by atoms with E-state index in [0.717, 1.165) is 23.8 Å². The third-order valence-corrected chi connectivity index (χ3v) is 3.87. The van der Waals surface area contributed by atoms with E-state index in [1.807, 2.05) is 0 Å². The van der Waals surface area contributed by atoms with E-state index in [9.17, 15) is 0 Å². The van der Waals surface area contributed by atoms with Crippen molar-refractivity contribution in [2.75, 3.05) is 6.54 Å². The Morgan fingerprint density at radius 3 is 2.56 bits per heavy atom. The highest BCUT2D eigenvalue weighted by Crippen LogP contribution is 2.25. The van der Waals surface area contributed by atoms with Crippen LogP contribution in [0.15, 0.2) is 29.6 Å². The van der Waals surface area contributed by atoms with Crippen LogP contribution >= 0.6 is 11.3 Å². The van der Waals surface area contributed by atoms with Crippen molar-refractivity contribution in [2.45, 2.75) is 33.2 Å². The summed E-state index contributed by atoms with van der Waals surface area (Å²) in [6, 6.07) is 8.74. The van der Waals surface area contributed by atoms with Gasteiger partial charge in [0.1, 0.15) is 5.01 Å². The molecule has 1 N–H and O–H groups in total. The molecule has 0 amide bonds. The summed E-state index contributed by atoms with van der Waals surface area (Å²) < 4.78 is 0. The van der Waals surface area contributed by atoms with Crippen LogP contribution in [0.1, 0.15) is 37.9 Å². The van der Waals surface area contributed by atoms with E-state index in [1.54, 1.807) is 11.3 Å². The van der Waals surface area contributed by atoms with Gasteiger partial charge >= 0.3 is 0 Å². The number of hydrogen-bond donors (Lipinski definition) is 1. The van der Waals surface area contributed by atoms with Crippen molar-refractivity contribution in [3.8, 4) is 10.6 Å². The van der Waals surface area contributed by atoms with Crippen LogP contribution < -0.4 is 5.32 Å². The summed E-state index contributed by atoms with van der Waals surface area (Å²) in [6.07, 6.45) is 0. The Balaban J connectivity index is 2.13. The second kappa shape index (κ2) is 6.12. The SMILES string of the molecule is CCNCc1csc(-c2ccc(C(C)C)cc2)n1. The lowest BCUT2D eigenvalue weighted by molar-refractivity contribution is 0.715. The highest BCUT2D eigenvalue weighted by Gasteiger charge is 2.05. The lowest BCUT2D eigenvalue weighted by atomic mass is 10.0. The standard InChI is InChI=1S/C15H20N2S/c1-4-16-9-14-10-18-15(17-14)13-7-5-12(6-8-13)11(2)3/h5-8,10-11,16H,4,9H2,1-3H3. The van der Waals surface area contributed by atoms with Gasteiger partial charge in [0.25, 0.3) is 0 Å². The molecule has 2 rings (SSSR count). The van der Waals surface area contributed by atoms with E-state index >= 15 is 0 Å². The number of thiazole rings is 1. The average molecular weight is 260 g/mol. The minimum absolute atomic E-state index is 0.583. The Labute approximate surface area is 113 Å². The van der Waals surface area contributed by atoms with Crippen molar-refractivity contribution in [3.63, 3.8) is 0 Å². The molecule has 0 radical (unpaired) electrons. The molecule has 0 saturated carbocycles. The number of aromatic nitrogens is 1. The first kappa shape index (κ1) is 13.2. The Morgan fingerprint density at radius 1 is 1.22 bits per heavy atom. The molecule has 0 fully saturated rings. The van der Waals surface area contributed by atoms with Crippen molar-refractivity contribution in [3.05, 3.63) is 40.9 Å². The summed E-state index contributed by atoms with van der Waals surface area (Å²) in [5, 5.41) is 6.54. The van der Waals surface area contributed by atoms with Crippen molar-refractivity contribution >= 4 is 11.3 Å². The number of rotatable bonds is 5. The van der Waals surface area contributed by atoms with E-state index in [-0.39, 0.29) is 0 Å². The monoisotopic (exact) mass is 260 g/mol. The van der Waals surface area contributed by atoms with Crippen molar-refractivity contribution < 1.29 is 0 Å². The van der Waals surface area contributed by atoms with Gasteiger partial charge in [0.15, 0.2) is 0 Å². The number of nitrogens with zero attached hydrogens (tertiary/aromatic N) is 1. The molecule has 96 valence electrons. The molecule has 0 unspecified atom stereocenters. The summed E-state index contributed by atoms with van der Waals surface area (Å²) in [4.78, 5) is 4.65. The summed E-state index contributed by atoms with van der Waals surface area (Å²) in [6.45, 7) is 8.38. The number of hydrogen-bond acceptors (Lipinski definition) is 3. The van der Waals surface area contributed by atoms with Gasteiger partial charge in [0.2, 0.25) is 0 Å². The second-order valence-electron chi connectivity index (χ2n) is 4.70. The number of benzene rings is 1. The van der Waals surface area contributed by atoms with Crippen molar-refractivity contribution in [1.82, 2.24) is 10.3 Å². The zero-order valence-electron chi connectivity index (χ0n) is 11.2. The quantitative estimate of drug-likeness (QED) is 0.877. The van der Waals surface area contributed by atoms with Gasteiger partial charge < -0.3 is 5.32 Å². The van der Waals surface area contributed by atoms with E-state index in [1.165, 1.54) is 11.1 Å². The fourth-order valence-electron chi connectivity index (χ4n) is 1.78. The number of nitrogens with one attached hydrogen (secondary N) is 1. The zero-order valence-corrected chi connectivity index (χ0v) is 12.1. The predicted molar refractivity (Wildman–Crippen MR) is 79.0 cm³/mol. The molecule has 0 spiro atoms. The minimum Gasteiger partial charge on any atom is -0.311 e. The largest absolute Gasteiger partial charge is 0.311 e. The summed E-state index contributed by atoms with van der Waals surface area (Å²) >= 11 is 1.72. The van der Waals surface area contributed by atoms with Crippen molar-refractivity contribution in [2.24, 2.45) is 0 Å². The van der Waals surface area contributed by atoms with E-state index in [4.69, 9.17) is 0 Å². The van der Waals surface area contributed by atoms with E-state index < -0.39 is 0 Å².